The van der Waals surface area contributed by atoms with Crippen molar-refractivity contribution < 1.29 is 15.1 Å². The van der Waals surface area contributed by atoms with E-state index in [0.29, 0.717) is 0 Å². The van der Waals surface area contributed by atoms with E-state index in [9.17, 15) is 0 Å². The van der Waals surface area contributed by atoms with E-state index >= 15 is 0 Å². The first-order chi connectivity index (χ1) is 9.77. The van der Waals surface area contributed by atoms with Crippen molar-refractivity contribution in [2.75, 3.05) is 13.1 Å². The third-order valence-electron chi connectivity index (χ3n) is 2.34. The molecule has 1 aromatic rings. The fourth-order valence-corrected chi connectivity index (χ4v) is 1.80. The van der Waals surface area contributed by atoms with Crippen molar-refractivity contribution in [2.24, 2.45) is 5.10 Å². The van der Waals surface area contributed by atoms with Crippen LogP contribution in [-0.4, -0.2) is 34.3 Å². The summed E-state index contributed by atoms with van der Waals surface area (Å²) >= 11 is 8.10. The molecule has 1 aromatic heterocycles. The van der Waals surface area contributed by atoms with Gasteiger partial charge in [0.05, 0.1) is 11.9 Å². The summed E-state index contributed by atoms with van der Waals surface area (Å²) in [4.78, 5) is 6.34. The summed E-state index contributed by atoms with van der Waals surface area (Å²) in [7, 11) is 4.20. The summed E-state index contributed by atoms with van der Waals surface area (Å²) in [5, 5.41) is 4.92. The predicted octanol–water partition coefficient (Wildman–Crippen LogP) is 2.18. The second-order valence-electron chi connectivity index (χ2n) is 3.94. The number of hydrogen-bond acceptors (Lipinski definition) is 2. The van der Waals surface area contributed by atoms with Crippen LogP contribution in [0.3, 0.4) is 0 Å². The molecule has 0 aromatic carbocycles. The van der Waals surface area contributed by atoms with Crippen molar-refractivity contribution in [1.82, 2.24) is 15.3 Å². The molecule has 1 rings (SSSR count). The molecule has 0 amide bonds. The van der Waals surface area contributed by atoms with Gasteiger partial charge in [-0.2, -0.15) is 5.10 Å². The average Bonchev–Trinajstić information content (AvgIpc) is 2.50. The minimum absolute atomic E-state index is 0.783. The molecule has 1 heterocycles. The van der Waals surface area contributed by atoms with Gasteiger partial charge in [-0.1, -0.05) is 19.9 Å². The van der Waals surface area contributed by atoms with Crippen LogP contribution >= 0.6 is 10.1 Å². The molecule has 1 N–H and O–H groups in total. The van der Waals surface area contributed by atoms with E-state index in [1.54, 1.807) is 12.4 Å². The van der Waals surface area contributed by atoms with Crippen molar-refractivity contribution in [3.8, 4) is 0 Å². The standard InChI is InChI=1S/C13H20N4S.ClH.Cu/c1-3-9-17(10-4-2)13(18)16-15-11-12-7-5-6-8-14-12;;/h5-8,11H,3-4,9-10H2,1-2H3,(H,16,18);1H;/q;;+1. The summed E-state index contributed by atoms with van der Waals surface area (Å²) in [6.45, 7) is 6.28. The summed E-state index contributed by atoms with van der Waals surface area (Å²) < 4.78 is 0. The van der Waals surface area contributed by atoms with Crippen LogP contribution in [-0.2, 0) is 27.3 Å². The predicted molar refractivity (Wildman–Crippen MR) is 86.7 cm³/mol. The van der Waals surface area contributed by atoms with Gasteiger partial charge in [0.15, 0.2) is 0 Å². The van der Waals surface area contributed by atoms with Crippen LogP contribution in [0.5, 0.6) is 0 Å². The van der Waals surface area contributed by atoms with Crippen LogP contribution in [0, 0.1) is 0 Å². The number of rotatable bonds is 6. The molecule has 4 nitrogen and oxygen atoms in total. The Balaban J connectivity index is 0.00000172. The number of aromatic nitrogens is 1. The Labute approximate surface area is 139 Å². The van der Waals surface area contributed by atoms with E-state index in [2.05, 4.69) is 71.7 Å². The van der Waals surface area contributed by atoms with Crippen molar-refractivity contribution in [3.63, 3.8) is 0 Å². The first-order valence-corrected chi connectivity index (χ1v) is 8.14. The van der Waals surface area contributed by atoms with Gasteiger partial charge in [-0.05, 0) is 25.0 Å². The van der Waals surface area contributed by atoms with Gasteiger partial charge in [-0.15, -0.1) is 0 Å². The third-order valence-corrected chi connectivity index (χ3v) is 2.72. The molecule has 20 heavy (non-hydrogen) atoms. The molecule has 116 valence electrons. The minimum atomic E-state index is 0.783. The molecule has 0 spiro atoms. The Morgan fingerprint density at radius 1 is 1.40 bits per heavy atom. The number of nitrogens with zero attached hydrogens (tertiary/aromatic N) is 3. The average molecular weight is 364 g/mol. The van der Waals surface area contributed by atoms with Gasteiger partial charge < -0.3 is 0 Å². The summed E-state index contributed by atoms with van der Waals surface area (Å²) in [5.74, 6) is 0. The molecule has 0 bridgehead atoms. The first-order valence-electron chi connectivity index (χ1n) is 6.40. The van der Waals surface area contributed by atoms with Crippen LogP contribution < -0.4 is 5.43 Å². The fourth-order valence-electron chi connectivity index (χ4n) is 1.54. The molecular formula is C13H21ClCuN4S+. The molecule has 0 saturated heterocycles. The second kappa shape index (κ2) is 13.5. The number of hydrogen-bond donors (Lipinski definition) is 1. The summed E-state index contributed by atoms with van der Waals surface area (Å²) in [6.07, 6.45) is 5.62. The first kappa shape index (κ1) is 19.5. The second-order valence-corrected chi connectivity index (χ2v) is 4.36. The zero-order chi connectivity index (χ0) is 15.2. The van der Waals surface area contributed by atoms with E-state index in [4.69, 9.17) is 0 Å². The van der Waals surface area contributed by atoms with Gasteiger partial charge in [0.2, 0.25) is 12.2 Å². The van der Waals surface area contributed by atoms with Gasteiger partial charge >= 0.3 is 30.3 Å². The van der Waals surface area contributed by atoms with Gasteiger partial charge in [-0.25, -0.2) is 10.3 Å². The molecule has 0 aliphatic rings. The Morgan fingerprint density at radius 3 is 2.55 bits per heavy atom. The van der Waals surface area contributed by atoms with E-state index in [1.165, 1.54) is 0 Å². The van der Waals surface area contributed by atoms with E-state index < -0.39 is 0 Å². The molecule has 0 atom stereocenters. The van der Waals surface area contributed by atoms with Gasteiger partial charge in [0, 0.05) is 19.3 Å². The number of nitrogens with one attached hydrogen (secondary N) is 1. The van der Waals surface area contributed by atoms with Crippen molar-refractivity contribution in [3.05, 3.63) is 30.1 Å². The Kier molecular flexibility index (Phi) is 13.1. The van der Waals surface area contributed by atoms with Gasteiger partial charge in [-0.3, -0.25) is 4.98 Å². The third kappa shape index (κ3) is 8.61. The zero-order valence-electron chi connectivity index (χ0n) is 11.7. The molecule has 0 aliphatic carbocycles. The van der Waals surface area contributed by atoms with E-state index in [0.717, 1.165) is 36.7 Å². The van der Waals surface area contributed by atoms with Crippen LogP contribution in [0.25, 0.3) is 0 Å². The zero-order valence-corrected chi connectivity index (χ0v) is 14.3. The number of pyridine rings is 1. The Hall–Kier alpha value is -0.521. The normalized spacial score (nSPS) is 10.3. The number of halogens is 1. The fraction of sp³-hybridized carbons (Fsp3) is 0.462. The molecule has 0 unspecified atom stereocenters. The topological polar surface area (TPSA) is 40.5 Å². The van der Waals surface area contributed by atoms with Crippen molar-refractivity contribution >= 4 is 33.6 Å². The molecular weight excluding hydrogens is 343 g/mol. The molecule has 0 radical (unpaired) electrons. The maximum absolute atomic E-state index is 4.44. The van der Waals surface area contributed by atoms with Crippen LogP contribution in [0.4, 0.5) is 0 Å². The maximum atomic E-state index is 4.44. The quantitative estimate of drug-likeness (QED) is 0.210. The van der Waals surface area contributed by atoms with Gasteiger partial charge in [0.25, 0.3) is 0 Å². The van der Waals surface area contributed by atoms with Gasteiger partial charge in [0.1, 0.15) is 0 Å². The van der Waals surface area contributed by atoms with E-state index in [-0.39, 0.29) is 0 Å². The van der Waals surface area contributed by atoms with Crippen molar-refractivity contribution in [2.45, 2.75) is 26.7 Å². The van der Waals surface area contributed by atoms with Crippen molar-refractivity contribution in [1.29, 1.82) is 0 Å². The monoisotopic (exact) mass is 363 g/mol. The Bertz CT molecular complexity index is 383. The molecule has 7 heteroatoms. The SMILES string of the molecule is CCCN(CCC)C(=[SH+])NN=Cc1ccccn1.[Cl][Cu]. The van der Waals surface area contributed by atoms with Crippen LogP contribution in [0.1, 0.15) is 32.4 Å². The number of hydrazone groups is 1. The molecule has 0 fully saturated rings. The Morgan fingerprint density at radius 2 is 2.05 bits per heavy atom. The van der Waals surface area contributed by atoms with E-state index in [1.807, 2.05) is 18.2 Å². The van der Waals surface area contributed by atoms with Crippen LogP contribution in [0.15, 0.2) is 29.5 Å². The summed E-state index contributed by atoms with van der Waals surface area (Å²) in [5.41, 5.74) is 3.76. The number of thiol groups is 1. The molecule has 0 saturated carbocycles. The molecule has 0 aliphatic heterocycles. The summed E-state index contributed by atoms with van der Waals surface area (Å²) in [6, 6.07) is 5.71. The van der Waals surface area contributed by atoms with Crippen LogP contribution in [0.2, 0.25) is 0 Å².